The first kappa shape index (κ1) is 19.1. The van der Waals surface area contributed by atoms with Crippen molar-refractivity contribution >= 4 is 10.0 Å². The number of hydrogen-bond donors (Lipinski definition) is 1. The molecule has 3 nitrogen and oxygen atoms in total. The summed E-state index contributed by atoms with van der Waals surface area (Å²) >= 11 is 0. The average Bonchev–Trinajstić information content (AvgIpc) is 2.60. The number of benzene rings is 3. The molecule has 0 aliphatic carbocycles. The fourth-order valence-corrected chi connectivity index (χ4v) is 3.21. The van der Waals surface area contributed by atoms with Crippen LogP contribution in [0.1, 0.15) is 5.56 Å². The van der Waals surface area contributed by atoms with Crippen LogP contribution < -0.4 is 5.14 Å². The van der Waals surface area contributed by atoms with Crippen molar-refractivity contribution in [2.75, 3.05) is 0 Å². The van der Waals surface area contributed by atoms with Gasteiger partial charge in [-0.05, 0) is 58.7 Å². The third-order valence-corrected chi connectivity index (χ3v) is 4.91. The minimum Gasteiger partial charge on any atom is -0.225 e. The molecule has 140 valence electrons. The highest BCUT2D eigenvalue weighted by Crippen LogP contribution is 2.38. The maximum absolute atomic E-state index is 13.6. The lowest BCUT2D eigenvalue weighted by molar-refractivity contribution is -0.137. The number of rotatable bonds is 3. The van der Waals surface area contributed by atoms with E-state index in [0.29, 0.717) is 16.7 Å². The van der Waals surface area contributed by atoms with E-state index in [0.717, 1.165) is 12.1 Å². The summed E-state index contributed by atoms with van der Waals surface area (Å²) < 4.78 is 75.8. The van der Waals surface area contributed by atoms with Gasteiger partial charge in [0, 0.05) is 0 Å². The molecule has 2 N–H and O–H groups in total. The van der Waals surface area contributed by atoms with Gasteiger partial charge in [-0.1, -0.05) is 30.3 Å². The van der Waals surface area contributed by atoms with Gasteiger partial charge in [0.1, 0.15) is 5.82 Å². The highest BCUT2D eigenvalue weighted by atomic mass is 32.2. The van der Waals surface area contributed by atoms with Crippen LogP contribution in [0.25, 0.3) is 22.3 Å². The number of halogens is 4. The normalized spacial score (nSPS) is 12.2. The lowest BCUT2D eigenvalue weighted by atomic mass is 9.92. The van der Waals surface area contributed by atoms with Gasteiger partial charge in [-0.3, -0.25) is 0 Å². The molecule has 0 saturated carbocycles. The number of nitrogens with two attached hydrogens (primary N) is 1. The maximum atomic E-state index is 13.6. The van der Waals surface area contributed by atoms with Crippen molar-refractivity contribution in [3.05, 3.63) is 78.1 Å². The monoisotopic (exact) mass is 395 g/mol. The Balaban J connectivity index is 2.22. The summed E-state index contributed by atoms with van der Waals surface area (Å²) in [6.45, 7) is 0. The minimum absolute atomic E-state index is 0.162. The quantitative estimate of drug-likeness (QED) is 0.646. The smallest absolute Gasteiger partial charge is 0.225 e. The van der Waals surface area contributed by atoms with E-state index in [2.05, 4.69) is 0 Å². The largest absolute Gasteiger partial charge is 0.416 e. The molecular formula is C19H13F4NO2S. The molecule has 0 saturated heterocycles. The zero-order valence-corrected chi connectivity index (χ0v) is 14.5. The first-order valence-corrected chi connectivity index (χ1v) is 9.21. The molecule has 3 aromatic carbocycles. The van der Waals surface area contributed by atoms with Crippen molar-refractivity contribution in [3.63, 3.8) is 0 Å². The molecule has 3 rings (SSSR count). The average molecular weight is 395 g/mol. The van der Waals surface area contributed by atoms with Crippen molar-refractivity contribution in [2.24, 2.45) is 5.14 Å². The fourth-order valence-electron chi connectivity index (χ4n) is 2.69. The predicted molar refractivity (Wildman–Crippen MR) is 93.6 cm³/mol. The molecule has 8 heteroatoms. The second kappa shape index (κ2) is 6.79. The first-order valence-electron chi connectivity index (χ1n) is 7.66. The lowest BCUT2D eigenvalue weighted by Gasteiger charge is -2.15. The van der Waals surface area contributed by atoms with E-state index in [1.807, 2.05) is 0 Å². The van der Waals surface area contributed by atoms with Crippen molar-refractivity contribution in [1.82, 2.24) is 0 Å². The van der Waals surface area contributed by atoms with Crippen LogP contribution in [0, 0.1) is 5.82 Å². The van der Waals surface area contributed by atoms with E-state index < -0.39 is 27.6 Å². The van der Waals surface area contributed by atoms with E-state index in [1.54, 1.807) is 6.07 Å². The Morgan fingerprint density at radius 1 is 0.778 bits per heavy atom. The van der Waals surface area contributed by atoms with E-state index in [4.69, 9.17) is 5.14 Å². The third-order valence-electron chi connectivity index (χ3n) is 3.98. The summed E-state index contributed by atoms with van der Waals surface area (Å²) in [5.74, 6) is -0.525. The number of alkyl halides is 3. The molecule has 0 atom stereocenters. The van der Waals surface area contributed by atoms with Crippen molar-refractivity contribution in [3.8, 4) is 22.3 Å². The Labute approximate surface area is 153 Å². The van der Waals surface area contributed by atoms with Crippen LogP contribution in [0.5, 0.6) is 0 Å². The molecule has 3 aromatic rings. The minimum atomic E-state index is -4.56. The summed E-state index contributed by atoms with van der Waals surface area (Å²) in [7, 11) is -3.93. The van der Waals surface area contributed by atoms with Gasteiger partial charge < -0.3 is 0 Å². The Morgan fingerprint density at radius 2 is 1.44 bits per heavy atom. The molecule has 0 aliphatic rings. The standard InChI is InChI=1S/C19H13F4NO2S/c20-15-3-1-2-13(10-15)17-9-6-14(19(21,22)23)11-18(17)12-4-7-16(8-5-12)27(24,25)26/h1-11H,(H2,24,25,26). The highest BCUT2D eigenvalue weighted by Gasteiger charge is 2.31. The zero-order chi connectivity index (χ0) is 19.8. The first-order chi connectivity index (χ1) is 12.6. The molecule has 0 bridgehead atoms. The van der Waals surface area contributed by atoms with Crippen LogP contribution >= 0.6 is 0 Å². The van der Waals surface area contributed by atoms with E-state index in [9.17, 15) is 26.0 Å². The molecule has 0 spiro atoms. The van der Waals surface area contributed by atoms with Gasteiger partial charge in [0.05, 0.1) is 10.5 Å². The molecular weight excluding hydrogens is 382 g/mol. The zero-order valence-electron chi connectivity index (χ0n) is 13.7. The van der Waals surface area contributed by atoms with Gasteiger partial charge >= 0.3 is 6.18 Å². The van der Waals surface area contributed by atoms with Crippen molar-refractivity contribution < 1.29 is 26.0 Å². The van der Waals surface area contributed by atoms with Crippen LogP contribution in [0.4, 0.5) is 17.6 Å². The Kier molecular flexibility index (Phi) is 4.79. The highest BCUT2D eigenvalue weighted by molar-refractivity contribution is 7.89. The second-order valence-corrected chi connectivity index (χ2v) is 7.40. The van der Waals surface area contributed by atoms with Crippen LogP contribution in [0.3, 0.4) is 0 Å². The van der Waals surface area contributed by atoms with Crippen LogP contribution in [0.2, 0.25) is 0 Å². The van der Waals surface area contributed by atoms with Gasteiger partial charge in [0.15, 0.2) is 0 Å². The Hall–Kier alpha value is -2.71. The lowest BCUT2D eigenvalue weighted by Crippen LogP contribution is -2.11. The third kappa shape index (κ3) is 4.17. The van der Waals surface area contributed by atoms with Gasteiger partial charge in [0.25, 0.3) is 0 Å². The summed E-state index contributed by atoms with van der Waals surface area (Å²) in [5.41, 5.74) is 0.442. The van der Waals surface area contributed by atoms with E-state index in [-0.39, 0.29) is 10.5 Å². The van der Waals surface area contributed by atoms with Gasteiger partial charge in [-0.15, -0.1) is 0 Å². The van der Waals surface area contributed by atoms with Crippen molar-refractivity contribution in [2.45, 2.75) is 11.1 Å². The fraction of sp³-hybridized carbons (Fsp3) is 0.0526. The summed E-state index contributed by atoms with van der Waals surface area (Å²) in [6, 6.07) is 13.7. The molecule has 0 radical (unpaired) electrons. The Bertz CT molecular complexity index is 1090. The van der Waals surface area contributed by atoms with Gasteiger partial charge in [0.2, 0.25) is 10.0 Å². The topological polar surface area (TPSA) is 60.2 Å². The maximum Gasteiger partial charge on any atom is 0.416 e. The Morgan fingerprint density at radius 3 is 2.00 bits per heavy atom. The number of hydrogen-bond acceptors (Lipinski definition) is 2. The molecule has 0 heterocycles. The molecule has 0 aliphatic heterocycles. The molecule has 27 heavy (non-hydrogen) atoms. The SMILES string of the molecule is NS(=O)(=O)c1ccc(-c2cc(C(F)(F)F)ccc2-c2cccc(F)c2)cc1. The number of primary sulfonamides is 1. The predicted octanol–water partition coefficient (Wildman–Crippen LogP) is 4.83. The molecule has 0 unspecified atom stereocenters. The molecule has 0 amide bonds. The van der Waals surface area contributed by atoms with Crippen LogP contribution in [-0.4, -0.2) is 8.42 Å². The van der Waals surface area contributed by atoms with Crippen LogP contribution in [-0.2, 0) is 16.2 Å². The van der Waals surface area contributed by atoms with E-state index in [1.165, 1.54) is 48.5 Å². The molecule has 0 fully saturated rings. The molecule has 0 aromatic heterocycles. The summed E-state index contributed by atoms with van der Waals surface area (Å²) in [6.07, 6.45) is -4.56. The number of sulfonamides is 1. The van der Waals surface area contributed by atoms with Gasteiger partial charge in [-0.2, -0.15) is 13.2 Å². The van der Waals surface area contributed by atoms with Crippen molar-refractivity contribution in [1.29, 1.82) is 0 Å². The summed E-state index contributed by atoms with van der Waals surface area (Å²) in [5, 5.41) is 5.05. The van der Waals surface area contributed by atoms with Gasteiger partial charge in [-0.25, -0.2) is 17.9 Å². The summed E-state index contributed by atoms with van der Waals surface area (Å²) in [4.78, 5) is -0.162. The van der Waals surface area contributed by atoms with E-state index >= 15 is 0 Å². The second-order valence-electron chi connectivity index (χ2n) is 5.84. The van der Waals surface area contributed by atoms with Crippen LogP contribution in [0.15, 0.2) is 71.6 Å².